The zero-order valence-corrected chi connectivity index (χ0v) is 22.0. The van der Waals surface area contributed by atoms with Crippen molar-refractivity contribution in [1.82, 2.24) is 15.2 Å². The van der Waals surface area contributed by atoms with E-state index in [9.17, 15) is 36.5 Å². The number of alkyl halides is 6. The van der Waals surface area contributed by atoms with E-state index in [0.717, 1.165) is 0 Å². The Kier molecular flexibility index (Phi) is 7.72. The van der Waals surface area contributed by atoms with Crippen LogP contribution in [0, 0.1) is 10.1 Å². The number of hydrogen-bond acceptors (Lipinski definition) is 8. The maximum Gasteiger partial charge on any atom is 0.426 e. The number of anilines is 1. The van der Waals surface area contributed by atoms with Gasteiger partial charge in [-0.25, -0.2) is 4.98 Å². The van der Waals surface area contributed by atoms with Crippen LogP contribution >= 0.6 is 0 Å². The van der Waals surface area contributed by atoms with Crippen LogP contribution in [0.25, 0.3) is 11.6 Å². The zero-order valence-electron chi connectivity index (χ0n) is 22.0. The number of nitrogens with zero attached hydrogens (tertiary/aromatic N) is 4. The van der Waals surface area contributed by atoms with Crippen LogP contribution in [0.5, 0.6) is 0 Å². The Morgan fingerprint density at radius 3 is 2.38 bits per heavy atom. The number of ether oxygens (including phenoxy) is 1. The number of nitro groups is 1. The highest BCUT2D eigenvalue weighted by Crippen LogP contribution is 2.48. The van der Waals surface area contributed by atoms with Gasteiger partial charge in [0.25, 0.3) is 11.8 Å². The average Bonchev–Trinajstić information content (AvgIpc) is 3.59. The van der Waals surface area contributed by atoms with Crippen molar-refractivity contribution in [2.45, 2.75) is 75.0 Å². The van der Waals surface area contributed by atoms with Crippen molar-refractivity contribution in [3.63, 3.8) is 0 Å². The molecular weight excluding hydrogens is 572 g/mol. The molecule has 1 fully saturated rings. The summed E-state index contributed by atoms with van der Waals surface area (Å²) < 4.78 is 97.7. The van der Waals surface area contributed by atoms with E-state index >= 15 is 0 Å². The van der Waals surface area contributed by atoms with Gasteiger partial charge in [0, 0.05) is 11.6 Å². The molecule has 1 N–H and O–H groups in total. The summed E-state index contributed by atoms with van der Waals surface area (Å²) in [5.41, 5.74) is -6.94. The van der Waals surface area contributed by atoms with Crippen molar-refractivity contribution in [3.05, 3.63) is 75.7 Å². The van der Waals surface area contributed by atoms with E-state index in [-0.39, 0.29) is 18.9 Å². The summed E-state index contributed by atoms with van der Waals surface area (Å²) in [7, 11) is 0. The molecule has 1 aliphatic carbocycles. The van der Waals surface area contributed by atoms with E-state index in [2.05, 4.69) is 20.5 Å². The van der Waals surface area contributed by atoms with E-state index in [0.29, 0.717) is 31.2 Å². The monoisotopic (exact) mass is 597 g/mol. The smallest absolute Gasteiger partial charge is 0.415 e. The summed E-state index contributed by atoms with van der Waals surface area (Å²) in [5, 5.41) is 21.9. The molecule has 1 aromatic carbocycles. The molecule has 15 heteroatoms. The van der Waals surface area contributed by atoms with Crippen LogP contribution in [0.2, 0.25) is 0 Å². The lowest BCUT2D eigenvalue weighted by atomic mass is 9.91. The highest BCUT2D eigenvalue weighted by atomic mass is 19.4. The molecule has 0 radical (unpaired) electrons. The highest BCUT2D eigenvalue weighted by Gasteiger charge is 2.61. The topological polar surface area (TPSA) is 116 Å². The van der Waals surface area contributed by atoms with Crippen molar-refractivity contribution in [3.8, 4) is 11.6 Å². The molecule has 1 saturated carbocycles. The summed E-state index contributed by atoms with van der Waals surface area (Å²) in [6, 6.07) is 8.35. The first-order chi connectivity index (χ1) is 19.8. The highest BCUT2D eigenvalue weighted by molar-refractivity contribution is 5.68. The van der Waals surface area contributed by atoms with Crippen molar-refractivity contribution >= 4 is 11.5 Å². The lowest BCUT2D eigenvalue weighted by molar-refractivity contribution is -0.384. The quantitative estimate of drug-likeness (QED) is 0.142. The molecule has 3 heterocycles. The van der Waals surface area contributed by atoms with Gasteiger partial charge in [0.1, 0.15) is 11.4 Å². The van der Waals surface area contributed by atoms with Crippen LogP contribution in [0.1, 0.15) is 62.0 Å². The summed E-state index contributed by atoms with van der Waals surface area (Å²) >= 11 is 0. The second-order valence-corrected chi connectivity index (χ2v) is 10.3. The molecule has 1 atom stereocenters. The minimum Gasteiger partial charge on any atom is -0.415 e. The van der Waals surface area contributed by atoms with Crippen molar-refractivity contribution in [2.24, 2.45) is 0 Å². The van der Waals surface area contributed by atoms with Crippen LogP contribution in [0.4, 0.5) is 37.8 Å². The van der Waals surface area contributed by atoms with E-state index in [1.54, 1.807) is 36.4 Å². The number of benzene rings is 1. The zero-order chi connectivity index (χ0) is 30.2. The molecule has 1 aliphatic heterocycles. The molecule has 0 unspecified atom stereocenters. The molecule has 2 aromatic heterocycles. The molecule has 42 heavy (non-hydrogen) atoms. The second kappa shape index (κ2) is 11.0. The minimum absolute atomic E-state index is 0.153. The third-order valence-corrected chi connectivity index (χ3v) is 7.55. The Labute approximate surface area is 235 Å². The van der Waals surface area contributed by atoms with E-state index in [4.69, 9.17) is 9.15 Å². The summed E-state index contributed by atoms with van der Waals surface area (Å²) in [6.07, 6.45) is -5.32. The number of pyridine rings is 1. The number of aromatic nitrogens is 3. The van der Waals surface area contributed by atoms with Gasteiger partial charge in [-0.2, -0.15) is 26.3 Å². The van der Waals surface area contributed by atoms with Crippen LogP contribution < -0.4 is 5.32 Å². The van der Waals surface area contributed by atoms with Gasteiger partial charge >= 0.3 is 18.0 Å². The molecule has 224 valence electrons. The first-order valence-corrected chi connectivity index (χ1v) is 13.1. The maximum absolute atomic E-state index is 14.9. The average molecular weight is 598 g/mol. The first-order valence-electron chi connectivity index (χ1n) is 13.1. The van der Waals surface area contributed by atoms with Gasteiger partial charge in [0.15, 0.2) is 0 Å². The third-order valence-electron chi connectivity index (χ3n) is 7.55. The normalized spacial score (nSPS) is 20.7. The van der Waals surface area contributed by atoms with Crippen LogP contribution in [0.3, 0.4) is 0 Å². The predicted octanol–water partition coefficient (Wildman–Crippen LogP) is 7.50. The molecular formula is C27H25F6N5O4. The molecule has 3 aromatic rings. The standard InChI is InChI=1S/C27H25F6N5O4/c28-26(29,30)18-15-19(38(39)40)20-22-36-37-23(42-22)25(27(31,32)33,41-16-17-9-3-1-4-10-17)14-6-2-5-11-24(12-7-8-13-24)35-21(18)34-20/h1-5,9-10,15H,6-8,11-14,16H2,(H,34,35)/t25-/m1/s1. The molecule has 9 nitrogen and oxygen atoms in total. The predicted molar refractivity (Wildman–Crippen MR) is 136 cm³/mol. The lowest BCUT2D eigenvalue weighted by Gasteiger charge is -2.33. The molecule has 2 aliphatic rings. The van der Waals surface area contributed by atoms with Crippen molar-refractivity contribution in [2.75, 3.05) is 5.32 Å². The second-order valence-electron chi connectivity index (χ2n) is 10.3. The lowest BCUT2D eigenvalue weighted by Crippen LogP contribution is -2.45. The van der Waals surface area contributed by atoms with E-state index in [1.165, 1.54) is 6.08 Å². The SMILES string of the molecule is O=[N+]([O-])c1cc(C(F)(F)F)c2nc1-c1nnc(o1)[C@@](OCc1ccccc1)(C(F)(F)F)CCC=CCC1(CCCC1)N2. The number of nitrogens with one attached hydrogen (secondary N) is 1. The Morgan fingerprint density at radius 2 is 1.74 bits per heavy atom. The number of allylic oxidation sites excluding steroid dienone is 1. The van der Waals surface area contributed by atoms with Gasteiger partial charge in [-0.3, -0.25) is 10.1 Å². The maximum atomic E-state index is 14.9. The third kappa shape index (κ3) is 5.69. The number of hydrogen-bond donors (Lipinski definition) is 1. The first kappa shape index (κ1) is 29.5. The van der Waals surface area contributed by atoms with Crippen LogP contribution in [-0.4, -0.2) is 31.8 Å². The van der Waals surface area contributed by atoms with Gasteiger partial charge in [-0.1, -0.05) is 55.3 Å². The van der Waals surface area contributed by atoms with E-state index in [1.807, 2.05) is 0 Å². The molecule has 5 rings (SSSR count). The summed E-state index contributed by atoms with van der Waals surface area (Å²) in [4.78, 5) is 14.6. The van der Waals surface area contributed by atoms with Crippen LogP contribution in [-0.2, 0) is 23.1 Å². The Balaban J connectivity index is 1.70. The van der Waals surface area contributed by atoms with Gasteiger partial charge in [0.05, 0.1) is 11.5 Å². The minimum atomic E-state index is -5.09. The van der Waals surface area contributed by atoms with Crippen LogP contribution in [0.15, 0.2) is 53.0 Å². The van der Waals surface area contributed by atoms with Crippen molar-refractivity contribution < 1.29 is 40.4 Å². The Hall–Kier alpha value is -4.01. The summed E-state index contributed by atoms with van der Waals surface area (Å²) in [5.74, 6) is -2.61. The van der Waals surface area contributed by atoms with E-state index < -0.39 is 76.0 Å². The number of fused-ring (bicyclic) bond motifs is 5. The largest absolute Gasteiger partial charge is 0.426 e. The molecule has 0 saturated heterocycles. The fourth-order valence-electron chi connectivity index (χ4n) is 5.36. The summed E-state index contributed by atoms with van der Waals surface area (Å²) in [6.45, 7) is -0.488. The molecule has 4 bridgehead atoms. The fraction of sp³-hybridized carbons (Fsp3) is 0.444. The molecule has 1 spiro atoms. The van der Waals surface area contributed by atoms with Gasteiger partial charge in [0.2, 0.25) is 11.3 Å². The molecule has 0 amide bonds. The van der Waals surface area contributed by atoms with Gasteiger partial charge < -0.3 is 14.5 Å². The van der Waals surface area contributed by atoms with Gasteiger partial charge in [-0.05, 0) is 37.7 Å². The van der Waals surface area contributed by atoms with Crippen molar-refractivity contribution in [1.29, 1.82) is 0 Å². The fourth-order valence-corrected chi connectivity index (χ4v) is 5.36. The number of halogens is 6. The van der Waals surface area contributed by atoms with Gasteiger partial charge in [-0.15, -0.1) is 10.2 Å². The Bertz CT molecular complexity index is 1470. The Morgan fingerprint density at radius 1 is 1.02 bits per heavy atom. The number of rotatable bonds is 4.